The smallest absolute Gasteiger partial charge is 0.306 e. The summed E-state index contributed by atoms with van der Waals surface area (Å²) in [7, 11) is 0. The van der Waals surface area contributed by atoms with Crippen molar-refractivity contribution in [2.45, 2.75) is 183 Å². The quantitative estimate of drug-likeness (QED) is 0.0279. The van der Waals surface area contributed by atoms with Crippen molar-refractivity contribution in [2.24, 2.45) is 60.3 Å². The molecule has 5 aliphatic rings. The van der Waals surface area contributed by atoms with Crippen molar-refractivity contribution >= 4 is 58.9 Å². The van der Waals surface area contributed by atoms with Crippen LogP contribution in [0.4, 0.5) is 0 Å². The van der Waals surface area contributed by atoms with E-state index in [1.807, 2.05) is 253 Å². The average molecular weight is 1610 g/mol. The standard InChI is InChI=1S/C101H116N4O14/c1-70-92-80(45-48-86(107)114-60-52-73-32-18-10-19-33-73)97(3,4)84(103-92)67-83-79(44-47-85(106)113-59-51-72-30-16-9-17-31-72)99(6,68-90(111)118-64-56-77-40-26-14-27-41-77)95(102-83)71(2)93-81(46-49-87(108)115-61-53-74-34-20-11-21-35-74)100(7,69-91(112)119-65-57-78-42-28-15-29-43-78)101(8,105-93)96-82(66-89(110)117-63-55-76-38-24-13-25-39-76)98(5,94(70)104-96)58-50-88(109)116-62-54-75-36-22-12-23-37-75/h9-43,67,79-82,96,104H,44-66,68-69H2,1-8H3/b84-67-,94-70-,95-71-/t79-,80-,81-,82+,96?,98-,99+,100+,101-/m1/s1. The van der Waals surface area contributed by atoms with Gasteiger partial charge in [-0.25, -0.2) is 0 Å². The third-order valence-corrected chi connectivity index (χ3v) is 25.7. The molecular formula is C101H116N4O14. The van der Waals surface area contributed by atoms with Gasteiger partial charge in [-0.2, -0.15) is 0 Å². The molecule has 0 radical (unpaired) electrons. The fraction of sp³-hybridized carbons (Fsp3) is 0.426. The molecule has 1 saturated heterocycles. The van der Waals surface area contributed by atoms with Gasteiger partial charge in [-0.05, 0) is 103 Å². The minimum Gasteiger partial charge on any atom is -0.465 e. The lowest BCUT2D eigenvalue weighted by Crippen LogP contribution is -2.58. The number of allylic oxidation sites excluding steroid dienone is 6. The number of nitrogens with zero attached hydrogens (tertiary/aromatic N) is 3. The van der Waals surface area contributed by atoms with Gasteiger partial charge in [-0.15, -0.1) is 0 Å². The highest BCUT2D eigenvalue weighted by atomic mass is 16.6. The Labute approximate surface area is 701 Å². The maximum Gasteiger partial charge on any atom is 0.306 e. The van der Waals surface area contributed by atoms with Crippen molar-refractivity contribution in [1.82, 2.24) is 5.32 Å². The van der Waals surface area contributed by atoms with Crippen LogP contribution in [0.5, 0.6) is 0 Å². The minimum atomic E-state index is -1.50. The molecule has 12 rings (SSSR count). The zero-order valence-corrected chi connectivity index (χ0v) is 70.4. The zero-order chi connectivity index (χ0) is 84.0. The Morgan fingerprint density at radius 2 is 0.697 bits per heavy atom. The van der Waals surface area contributed by atoms with Gasteiger partial charge in [0.25, 0.3) is 0 Å². The Morgan fingerprint density at radius 1 is 0.361 bits per heavy atom. The fourth-order valence-electron chi connectivity index (χ4n) is 18.7. The Morgan fingerprint density at radius 3 is 1.08 bits per heavy atom. The van der Waals surface area contributed by atoms with Gasteiger partial charge in [-0.1, -0.05) is 247 Å². The van der Waals surface area contributed by atoms with Crippen LogP contribution in [-0.2, 0) is 112 Å². The molecule has 0 saturated carbocycles. The molecule has 8 bridgehead atoms. The molecule has 0 aliphatic carbocycles. The third-order valence-electron chi connectivity index (χ3n) is 25.7. The van der Waals surface area contributed by atoms with Crippen LogP contribution in [-0.4, -0.2) is 117 Å². The summed E-state index contributed by atoms with van der Waals surface area (Å²) in [6.07, 6.45) is 5.09. The maximum absolute atomic E-state index is 15.7. The second-order valence-corrected chi connectivity index (χ2v) is 33.9. The summed E-state index contributed by atoms with van der Waals surface area (Å²) in [6.45, 7) is 17.1. The van der Waals surface area contributed by atoms with Gasteiger partial charge in [0.15, 0.2) is 0 Å². The van der Waals surface area contributed by atoms with E-state index in [1.165, 1.54) is 0 Å². The van der Waals surface area contributed by atoms with Gasteiger partial charge in [-0.3, -0.25) is 48.5 Å². The van der Waals surface area contributed by atoms with E-state index in [0.29, 0.717) is 90.3 Å². The summed E-state index contributed by atoms with van der Waals surface area (Å²) in [5.41, 5.74) is 5.53. The van der Waals surface area contributed by atoms with E-state index < -0.39 is 92.7 Å². The number of rotatable bonds is 39. The summed E-state index contributed by atoms with van der Waals surface area (Å²) in [4.78, 5) is 123. The molecule has 5 aliphatic heterocycles. The van der Waals surface area contributed by atoms with Gasteiger partial charge < -0.3 is 38.5 Å². The van der Waals surface area contributed by atoms with Crippen LogP contribution in [0, 0.1) is 45.3 Å². The van der Waals surface area contributed by atoms with E-state index in [2.05, 4.69) is 26.1 Å². The molecular weight excluding hydrogens is 1490 g/mol. The first-order valence-corrected chi connectivity index (χ1v) is 42.5. The van der Waals surface area contributed by atoms with Crippen LogP contribution < -0.4 is 5.32 Å². The van der Waals surface area contributed by atoms with Gasteiger partial charge in [0.2, 0.25) is 0 Å². The van der Waals surface area contributed by atoms with Gasteiger partial charge in [0.05, 0.1) is 82.8 Å². The van der Waals surface area contributed by atoms with Crippen LogP contribution in [0.15, 0.2) is 262 Å². The number of carbonyl (C=O) groups excluding carboxylic acids is 7. The van der Waals surface area contributed by atoms with E-state index in [0.717, 1.165) is 38.9 Å². The van der Waals surface area contributed by atoms with E-state index in [1.54, 1.807) is 0 Å². The van der Waals surface area contributed by atoms with Gasteiger partial charge in [0.1, 0.15) is 0 Å². The molecule has 0 aromatic heterocycles. The Hall–Kier alpha value is -11.1. The Kier molecular flexibility index (Phi) is 29.7. The molecule has 7 aromatic carbocycles. The van der Waals surface area contributed by atoms with E-state index >= 15 is 14.4 Å². The third kappa shape index (κ3) is 21.9. The lowest BCUT2D eigenvalue weighted by molar-refractivity contribution is -0.150. The van der Waals surface area contributed by atoms with Crippen molar-refractivity contribution in [3.63, 3.8) is 0 Å². The second-order valence-electron chi connectivity index (χ2n) is 33.9. The lowest BCUT2D eigenvalue weighted by Gasteiger charge is -2.48. The molecule has 0 amide bonds. The Balaban J connectivity index is 1.05. The average Bonchev–Trinajstić information content (AvgIpc) is 1.53. The molecule has 0 spiro atoms. The number of nitrogens with one attached hydrogen (secondary N) is 1. The summed E-state index contributed by atoms with van der Waals surface area (Å²) in [5.74, 6) is -6.05. The number of hydrogen-bond acceptors (Lipinski definition) is 18. The molecule has 119 heavy (non-hydrogen) atoms. The molecule has 624 valence electrons. The topological polar surface area (TPSA) is 233 Å². The van der Waals surface area contributed by atoms with Crippen LogP contribution in [0.2, 0.25) is 0 Å². The maximum atomic E-state index is 15.7. The molecule has 18 heteroatoms. The number of esters is 7. The summed E-state index contributed by atoms with van der Waals surface area (Å²) >= 11 is 0. The van der Waals surface area contributed by atoms with Crippen LogP contribution in [0.3, 0.4) is 0 Å². The second kappa shape index (κ2) is 40.5. The number of aliphatic imine (C=N–C) groups is 3. The molecule has 7 aromatic rings. The van der Waals surface area contributed by atoms with Gasteiger partial charge in [0, 0.05) is 144 Å². The summed E-state index contributed by atoms with van der Waals surface area (Å²) < 4.78 is 43.5. The molecule has 1 N–H and O–H groups in total. The summed E-state index contributed by atoms with van der Waals surface area (Å²) in [5, 5.41) is 4.16. The highest BCUT2D eigenvalue weighted by Crippen LogP contribution is 2.63. The van der Waals surface area contributed by atoms with E-state index in [-0.39, 0.29) is 123 Å². The number of benzene rings is 7. The predicted molar refractivity (Wildman–Crippen MR) is 462 cm³/mol. The zero-order valence-electron chi connectivity index (χ0n) is 70.4. The van der Waals surface area contributed by atoms with Crippen molar-refractivity contribution in [3.8, 4) is 0 Å². The van der Waals surface area contributed by atoms with Crippen molar-refractivity contribution in [3.05, 3.63) is 286 Å². The molecule has 1 fully saturated rings. The van der Waals surface area contributed by atoms with E-state index in [9.17, 15) is 19.2 Å². The predicted octanol–water partition coefficient (Wildman–Crippen LogP) is 17.8. The number of fused-ring (bicyclic) bond motifs is 6. The highest BCUT2D eigenvalue weighted by Gasteiger charge is 2.67. The monoisotopic (exact) mass is 1610 g/mol. The number of carbonyl (C=O) groups is 7. The SMILES string of the molecule is C/C1=C2/NC([C@H](CC(=O)OCCc3ccccc3)[C@@]2(C)CCC(=O)OCCc2ccccc2)[C@@]2(C)N=C(/C(C)=C3N=C(/C=C4N=C1[C@@H](CCC(=O)OCCc1ccccc1)C\4(C)C)[C@@H](CCC(=O)OCCc1ccccc1)[C@]\3(C)CC(=O)OCCc1ccccc1)[C@@H](CCC(=O)OCCc1ccccc1)[C@]2(C)CC(=O)OCCc1ccccc1. The number of ether oxygens (including phenoxy) is 7. The first-order chi connectivity index (χ1) is 57.4. The summed E-state index contributed by atoms with van der Waals surface area (Å²) in [6, 6.07) is 67.8. The molecule has 1 unspecified atom stereocenters. The Bertz CT molecular complexity index is 4850. The number of hydrogen-bond donors (Lipinski definition) is 1. The minimum absolute atomic E-state index is 0.0151. The van der Waals surface area contributed by atoms with Gasteiger partial charge >= 0.3 is 41.8 Å². The highest BCUT2D eigenvalue weighted by molar-refractivity contribution is 6.10. The lowest BCUT2D eigenvalue weighted by atomic mass is 9.56. The van der Waals surface area contributed by atoms with Crippen LogP contribution >= 0.6 is 0 Å². The molecule has 18 nitrogen and oxygen atoms in total. The van der Waals surface area contributed by atoms with Crippen LogP contribution in [0.25, 0.3) is 0 Å². The fourth-order valence-corrected chi connectivity index (χ4v) is 18.7. The van der Waals surface area contributed by atoms with Crippen molar-refractivity contribution in [2.75, 3.05) is 46.2 Å². The molecule has 9 atom stereocenters. The first-order valence-electron chi connectivity index (χ1n) is 42.5. The van der Waals surface area contributed by atoms with E-state index in [4.69, 9.17) is 48.1 Å². The van der Waals surface area contributed by atoms with Crippen molar-refractivity contribution in [1.29, 1.82) is 0 Å². The molecule has 5 heterocycles. The largest absolute Gasteiger partial charge is 0.465 e. The van der Waals surface area contributed by atoms with Crippen molar-refractivity contribution < 1.29 is 66.7 Å². The normalized spacial score (nSPS) is 24.3. The first kappa shape index (κ1) is 87.2. The van der Waals surface area contributed by atoms with Crippen LogP contribution in [0.1, 0.15) is 165 Å².